The van der Waals surface area contributed by atoms with Gasteiger partial charge in [-0.2, -0.15) is 0 Å². The molecular weight excluding hydrogens is 309 g/mol. The van der Waals surface area contributed by atoms with Crippen molar-refractivity contribution in [2.75, 3.05) is 0 Å². The zero-order chi connectivity index (χ0) is 10.8. The molecule has 16 heavy (non-hydrogen) atoms. The van der Waals surface area contributed by atoms with Crippen LogP contribution in [0, 0.1) is 5.92 Å². The minimum absolute atomic E-state index is 0. The molecule has 0 aromatic heterocycles. The molecule has 1 nitrogen and oxygen atoms in total. The van der Waals surface area contributed by atoms with Crippen LogP contribution in [0.4, 0.5) is 0 Å². The minimum atomic E-state index is 0. The molecule has 1 aliphatic rings. The topological polar surface area (TPSA) is 26.0 Å². The van der Waals surface area contributed by atoms with Gasteiger partial charge in [0.15, 0.2) is 0 Å². The zero-order valence-electron chi connectivity index (χ0n) is 8.96. The van der Waals surface area contributed by atoms with Crippen LogP contribution in [0.15, 0.2) is 22.7 Å². The molecule has 4 heteroatoms. The van der Waals surface area contributed by atoms with Gasteiger partial charge in [0, 0.05) is 15.5 Å². The minimum Gasteiger partial charge on any atom is -0.324 e. The van der Waals surface area contributed by atoms with Crippen molar-refractivity contribution in [3.8, 4) is 0 Å². The highest BCUT2D eigenvalue weighted by Crippen LogP contribution is 2.37. The average Bonchev–Trinajstić information content (AvgIpc) is 2.69. The normalized spacial score (nSPS) is 18.2. The molecule has 0 radical (unpaired) electrons. The lowest BCUT2D eigenvalue weighted by Gasteiger charge is -2.20. The molecule has 0 heterocycles. The molecule has 1 aliphatic carbocycles. The summed E-state index contributed by atoms with van der Waals surface area (Å²) in [4.78, 5) is 0. The van der Waals surface area contributed by atoms with Gasteiger partial charge >= 0.3 is 0 Å². The molecule has 1 fully saturated rings. The summed E-state index contributed by atoms with van der Waals surface area (Å²) in [6.45, 7) is 0. The Morgan fingerprint density at radius 3 is 2.50 bits per heavy atom. The summed E-state index contributed by atoms with van der Waals surface area (Å²) in [5.41, 5.74) is 7.34. The Labute approximate surface area is 116 Å². The van der Waals surface area contributed by atoms with Gasteiger partial charge in [-0.1, -0.05) is 46.4 Å². The Bertz CT molecular complexity index is 351. The van der Waals surface area contributed by atoms with Gasteiger partial charge in [0.1, 0.15) is 0 Å². The predicted octanol–water partition coefficient (Wildman–Crippen LogP) is 4.71. The maximum Gasteiger partial charge on any atom is 0.0465 e. The van der Waals surface area contributed by atoms with Crippen molar-refractivity contribution in [3.63, 3.8) is 0 Å². The van der Waals surface area contributed by atoms with Crippen molar-refractivity contribution in [2.24, 2.45) is 11.7 Å². The summed E-state index contributed by atoms with van der Waals surface area (Å²) in [7, 11) is 0. The van der Waals surface area contributed by atoms with Crippen LogP contribution in [0.2, 0.25) is 5.02 Å². The third-order valence-electron chi connectivity index (χ3n) is 3.23. The van der Waals surface area contributed by atoms with Crippen LogP contribution >= 0.6 is 39.9 Å². The van der Waals surface area contributed by atoms with E-state index in [-0.39, 0.29) is 18.4 Å². The summed E-state index contributed by atoms with van der Waals surface area (Å²) in [5, 5.41) is 0.781. The molecule has 2 rings (SSSR count). The molecule has 0 aliphatic heterocycles. The summed E-state index contributed by atoms with van der Waals surface area (Å²) in [5.74, 6) is 0.615. The van der Waals surface area contributed by atoms with Gasteiger partial charge in [0.25, 0.3) is 0 Å². The number of halogens is 3. The van der Waals surface area contributed by atoms with E-state index in [4.69, 9.17) is 17.3 Å². The molecule has 90 valence electrons. The Morgan fingerprint density at radius 2 is 1.94 bits per heavy atom. The Hall–Kier alpha value is 0.240. The molecular formula is C12H16BrCl2N. The molecule has 0 saturated heterocycles. The number of rotatable bonds is 2. The van der Waals surface area contributed by atoms with E-state index in [1.54, 1.807) is 0 Å². The van der Waals surface area contributed by atoms with Gasteiger partial charge in [0.05, 0.1) is 0 Å². The molecule has 0 bridgehead atoms. The summed E-state index contributed by atoms with van der Waals surface area (Å²) in [6, 6.07) is 6.07. The fourth-order valence-corrected chi connectivity index (χ4v) is 3.14. The van der Waals surface area contributed by atoms with E-state index in [1.165, 1.54) is 25.7 Å². The van der Waals surface area contributed by atoms with Crippen molar-refractivity contribution in [1.29, 1.82) is 0 Å². The highest BCUT2D eigenvalue weighted by molar-refractivity contribution is 9.10. The number of hydrogen-bond donors (Lipinski definition) is 1. The third-order valence-corrected chi connectivity index (χ3v) is 4.05. The van der Waals surface area contributed by atoms with Crippen LogP contribution in [0.1, 0.15) is 37.3 Å². The first kappa shape index (κ1) is 14.3. The Balaban J connectivity index is 0.00000128. The highest BCUT2D eigenvalue weighted by Gasteiger charge is 2.24. The van der Waals surface area contributed by atoms with Crippen molar-refractivity contribution < 1.29 is 0 Å². The maximum atomic E-state index is 6.25. The predicted molar refractivity (Wildman–Crippen MR) is 75.3 cm³/mol. The van der Waals surface area contributed by atoms with Gasteiger partial charge in [-0.15, -0.1) is 12.4 Å². The van der Waals surface area contributed by atoms with Crippen molar-refractivity contribution in [1.82, 2.24) is 0 Å². The van der Waals surface area contributed by atoms with Crippen LogP contribution in [-0.2, 0) is 0 Å². The lowest BCUT2D eigenvalue weighted by Crippen LogP contribution is -2.19. The monoisotopic (exact) mass is 323 g/mol. The number of hydrogen-bond acceptors (Lipinski definition) is 1. The fourth-order valence-electron chi connectivity index (χ4n) is 2.34. The summed E-state index contributed by atoms with van der Waals surface area (Å²) >= 11 is 9.60. The molecule has 0 spiro atoms. The van der Waals surface area contributed by atoms with E-state index in [9.17, 15) is 0 Å². The lowest BCUT2D eigenvalue weighted by molar-refractivity contribution is 0.445. The molecule has 0 unspecified atom stereocenters. The van der Waals surface area contributed by atoms with Gasteiger partial charge in [0.2, 0.25) is 0 Å². The van der Waals surface area contributed by atoms with Gasteiger partial charge in [-0.25, -0.2) is 0 Å². The Kier molecular flexibility index (Phi) is 5.58. The number of benzene rings is 1. The van der Waals surface area contributed by atoms with Crippen molar-refractivity contribution >= 4 is 39.9 Å². The van der Waals surface area contributed by atoms with Crippen LogP contribution in [0.25, 0.3) is 0 Å². The summed E-state index contributed by atoms with van der Waals surface area (Å²) in [6.07, 6.45) is 5.11. The largest absolute Gasteiger partial charge is 0.324 e. The van der Waals surface area contributed by atoms with Crippen molar-refractivity contribution in [3.05, 3.63) is 33.3 Å². The molecule has 2 N–H and O–H groups in total. The third kappa shape index (κ3) is 3.13. The zero-order valence-corrected chi connectivity index (χ0v) is 12.1. The van der Waals surface area contributed by atoms with E-state index < -0.39 is 0 Å². The first-order chi connectivity index (χ1) is 7.18. The first-order valence-corrected chi connectivity index (χ1v) is 6.56. The highest BCUT2D eigenvalue weighted by atomic mass is 79.9. The van der Waals surface area contributed by atoms with E-state index in [0.29, 0.717) is 5.92 Å². The fraction of sp³-hybridized carbons (Fsp3) is 0.500. The maximum absolute atomic E-state index is 6.25. The molecule has 0 amide bonds. The molecule has 1 aromatic carbocycles. The summed E-state index contributed by atoms with van der Waals surface area (Å²) < 4.78 is 1.01. The smallest absolute Gasteiger partial charge is 0.0465 e. The van der Waals surface area contributed by atoms with Gasteiger partial charge < -0.3 is 5.73 Å². The standard InChI is InChI=1S/C12H15BrClN.ClH/c13-9-5-6-10(11(14)7-9)12(15)8-3-1-2-4-8;/h5-8,12H,1-4,15H2;1H/t12-;/m1./s1. The van der Waals surface area contributed by atoms with Crippen LogP contribution in [0.3, 0.4) is 0 Å². The second-order valence-electron chi connectivity index (χ2n) is 4.24. The van der Waals surface area contributed by atoms with Crippen LogP contribution < -0.4 is 5.73 Å². The molecule has 1 atom stereocenters. The molecule has 1 aromatic rings. The first-order valence-electron chi connectivity index (χ1n) is 5.39. The lowest BCUT2D eigenvalue weighted by atomic mass is 9.92. The SMILES string of the molecule is Cl.N[C@@H](c1ccc(Br)cc1Cl)C1CCCC1. The molecule has 1 saturated carbocycles. The Morgan fingerprint density at radius 1 is 1.31 bits per heavy atom. The number of nitrogens with two attached hydrogens (primary N) is 1. The second-order valence-corrected chi connectivity index (χ2v) is 5.56. The van der Waals surface area contributed by atoms with E-state index in [2.05, 4.69) is 15.9 Å². The second kappa shape index (κ2) is 6.25. The van der Waals surface area contributed by atoms with Crippen molar-refractivity contribution in [2.45, 2.75) is 31.7 Å². The van der Waals surface area contributed by atoms with E-state index >= 15 is 0 Å². The van der Waals surface area contributed by atoms with Crippen LogP contribution in [-0.4, -0.2) is 0 Å². The van der Waals surface area contributed by atoms with Gasteiger partial charge in [-0.05, 0) is 36.5 Å². The quantitative estimate of drug-likeness (QED) is 0.837. The average molecular weight is 325 g/mol. The van der Waals surface area contributed by atoms with E-state index in [1.807, 2.05) is 18.2 Å². The van der Waals surface area contributed by atoms with Gasteiger partial charge in [-0.3, -0.25) is 0 Å². The van der Waals surface area contributed by atoms with Crippen LogP contribution in [0.5, 0.6) is 0 Å². The van der Waals surface area contributed by atoms with E-state index in [0.717, 1.165) is 15.1 Å².